The Morgan fingerprint density at radius 3 is 2.38 bits per heavy atom. The Labute approximate surface area is 342 Å². The van der Waals surface area contributed by atoms with Gasteiger partial charge in [0.25, 0.3) is 0 Å². The first-order chi connectivity index (χ1) is 25.9. The normalized spacial score (nSPS) is 30.3. The van der Waals surface area contributed by atoms with Gasteiger partial charge in [-0.25, -0.2) is 0 Å². The molecule has 0 radical (unpaired) electrons. The second-order valence-corrected chi connectivity index (χ2v) is 22.8. The molecule has 1 aromatic rings. The van der Waals surface area contributed by atoms with Crippen LogP contribution in [0.1, 0.15) is 100.0 Å². The zero-order chi connectivity index (χ0) is 42.2. The molecule has 3 rings (SSSR count). The first-order valence-corrected chi connectivity index (χ1v) is 23.5. The third kappa shape index (κ3) is 13.6. The molecule has 0 aromatic heterocycles. The molecule has 1 saturated heterocycles. The molecule has 12 heteroatoms. The molecule has 0 spiro atoms. The van der Waals surface area contributed by atoms with Gasteiger partial charge in [-0.05, 0) is 99.9 Å². The molecule has 11 atom stereocenters. The van der Waals surface area contributed by atoms with Gasteiger partial charge in [-0.3, -0.25) is 9.59 Å². The van der Waals surface area contributed by atoms with E-state index >= 15 is 0 Å². The summed E-state index contributed by atoms with van der Waals surface area (Å²) in [6, 6.07) is 7.10. The molecule has 0 bridgehead atoms. The van der Waals surface area contributed by atoms with E-state index in [2.05, 4.69) is 19.2 Å². The van der Waals surface area contributed by atoms with E-state index in [1.54, 1.807) is 39.2 Å². The second kappa shape index (κ2) is 20.1. The number of benzene rings is 1. The van der Waals surface area contributed by atoms with Crippen molar-refractivity contribution in [2.45, 2.75) is 167 Å². The van der Waals surface area contributed by atoms with E-state index in [0.717, 1.165) is 17.6 Å². The van der Waals surface area contributed by atoms with E-state index in [4.69, 9.17) is 30.5 Å². The summed E-state index contributed by atoms with van der Waals surface area (Å²) in [5.41, 5.74) is -0.990. The lowest BCUT2D eigenvalue weighted by atomic mass is 9.83. The van der Waals surface area contributed by atoms with E-state index in [0.29, 0.717) is 24.4 Å². The minimum absolute atomic E-state index is 0.0262. The van der Waals surface area contributed by atoms with E-state index in [9.17, 15) is 24.6 Å². The van der Waals surface area contributed by atoms with Gasteiger partial charge < -0.3 is 39.3 Å². The van der Waals surface area contributed by atoms with E-state index in [1.165, 1.54) is 6.92 Å². The number of hydrogen-bond donors (Lipinski definition) is 4. The van der Waals surface area contributed by atoms with E-state index < -0.39 is 48.8 Å². The molecule has 2 aliphatic rings. The average Bonchev–Trinajstić information content (AvgIpc) is 3.88. The summed E-state index contributed by atoms with van der Waals surface area (Å²) in [5, 5.41) is 27.4. The van der Waals surface area contributed by atoms with Crippen LogP contribution in [0.3, 0.4) is 0 Å². The molecule has 4 N–H and O–H groups in total. The number of cyclic esters (lactones) is 1. The van der Waals surface area contributed by atoms with Crippen molar-refractivity contribution in [2.24, 2.45) is 17.8 Å². The maximum absolute atomic E-state index is 13.7. The highest BCUT2D eigenvalue weighted by molar-refractivity contribution is 6.72. The standard InChI is InChI=1S/C44H70ClNO9Si/c1-13-35(52-10)30(4)39-40(55-39)41(46-27-32-17-19-34(45)20-18-32)44(9,50)23-14-15-28(2)38-29(3)16-21-36(53-31(5)47)43(8,49)24-22-33(25-37(48)54-38)26-42(6,7)56(11,12)51/h14-21,23,29-30,33,35-36,38-41,46,49-51H,13,22,24-27H2,1-12H3/b21-16+,23-14+,28-15+/t29-,30+,33+,35-,36-,38?,39+,40-,41?,43+,44?/m0/s1. The van der Waals surface area contributed by atoms with Crippen molar-refractivity contribution in [3.05, 3.63) is 70.8 Å². The van der Waals surface area contributed by atoms with Crippen molar-refractivity contribution in [3.8, 4) is 0 Å². The van der Waals surface area contributed by atoms with Crippen LogP contribution in [0, 0.1) is 17.8 Å². The summed E-state index contributed by atoms with van der Waals surface area (Å²) in [6.07, 6.45) is 9.18. The van der Waals surface area contributed by atoms with E-state index in [-0.39, 0.29) is 54.9 Å². The van der Waals surface area contributed by atoms with Crippen molar-refractivity contribution in [1.29, 1.82) is 0 Å². The Bertz CT molecular complexity index is 1530. The van der Waals surface area contributed by atoms with Crippen LogP contribution in [0.2, 0.25) is 23.2 Å². The molecule has 0 amide bonds. The first-order valence-electron chi connectivity index (χ1n) is 20.2. The minimum Gasteiger partial charge on any atom is -0.457 e. The molecule has 316 valence electrons. The summed E-state index contributed by atoms with van der Waals surface area (Å²) in [7, 11) is -0.904. The van der Waals surface area contributed by atoms with Crippen molar-refractivity contribution in [2.75, 3.05) is 7.11 Å². The molecular weight excluding hydrogens is 750 g/mol. The predicted octanol–water partition coefficient (Wildman–Crippen LogP) is 7.83. The van der Waals surface area contributed by atoms with Crippen LogP contribution in [0.5, 0.6) is 0 Å². The number of hydrogen-bond acceptors (Lipinski definition) is 10. The number of halogens is 1. The largest absolute Gasteiger partial charge is 0.457 e. The smallest absolute Gasteiger partial charge is 0.306 e. The van der Waals surface area contributed by atoms with Crippen LogP contribution in [0.25, 0.3) is 0 Å². The zero-order valence-electron chi connectivity index (χ0n) is 35.8. The fourth-order valence-electron chi connectivity index (χ4n) is 7.73. The molecule has 0 aliphatic carbocycles. The fraction of sp³-hybridized carbons (Fsp3) is 0.682. The average molecular weight is 821 g/mol. The lowest BCUT2D eigenvalue weighted by Crippen LogP contribution is -2.52. The number of carbonyl (C=O) groups is 2. The molecule has 0 saturated carbocycles. The summed E-state index contributed by atoms with van der Waals surface area (Å²) in [5.74, 6) is -1.31. The highest BCUT2D eigenvalue weighted by Gasteiger charge is 2.54. The number of allylic oxidation sites excluding steroid dienone is 2. The molecule has 56 heavy (non-hydrogen) atoms. The van der Waals surface area contributed by atoms with Crippen molar-refractivity contribution < 1.29 is 43.5 Å². The maximum Gasteiger partial charge on any atom is 0.306 e. The molecule has 10 nitrogen and oxygen atoms in total. The van der Waals surface area contributed by atoms with Crippen LogP contribution < -0.4 is 5.32 Å². The van der Waals surface area contributed by atoms with Gasteiger partial charge in [-0.2, -0.15) is 0 Å². The van der Waals surface area contributed by atoms with Crippen LogP contribution in [0.15, 0.2) is 60.2 Å². The number of epoxide rings is 1. The molecule has 1 fully saturated rings. The highest BCUT2D eigenvalue weighted by Crippen LogP contribution is 2.44. The first kappa shape index (κ1) is 48.0. The summed E-state index contributed by atoms with van der Waals surface area (Å²) in [4.78, 5) is 36.9. The topological polar surface area (TPSA) is 147 Å². The van der Waals surface area contributed by atoms with Crippen molar-refractivity contribution in [1.82, 2.24) is 5.32 Å². The van der Waals surface area contributed by atoms with Crippen molar-refractivity contribution in [3.63, 3.8) is 0 Å². The molecular formula is C44H70ClNO9Si. The number of methoxy groups -OCH3 is 1. The highest BCUT2D eigenvalue weighted by atomic mass is 35.5. The molecule has 1 aromatic carbocycles. The van der Waals surface area contributed by atoms with Crippen LogP contribution in [0.4, 0.5) is 0 Å². The zero-order valence-corrected chi connectivity index (χ0v) is 37.6. The van der Waals surface area contributed by atoms with Gasteiger partial charge in [0.05, 0.1) is 23.9 Å². The summed E-state index contributed by atoms with van der Waals surface area (Å²) in [6.45, 7) is 21.0. The third-order valence-corrected chi connectivity index (χ3v) is 16.0. The Kier molecular flexibility index (Phi) is 17.2. The molecule has 2 heterocycles. The Morgan fingerprint density at radius 2 is 1.80 bits per heavy atom. The van der Waals surface area contributed by atoms with Crippen molar-refractivity contribution >= 4 is 31.9 Å². The monoisotopic (exact) mass is 819 g/mol. The predicted molar refractivity (Wildman–Crippen MR) is 225 cm³/mol. The van der Waals surface area contributed by atoms with Gasteiger partial charge in [0.15, 0.2) is 8.32 Å². The lowest BCUT2D eigenvalue weighted by Gasteiger charge is -2.39. The van der Waals surface area contributed by atoms with Gasteiger partial charge in [-0.1, -0.05) is 82.7 Å². The fourth-order valence-corrected chi connectivity index (χ4v) is 8.64. The van der Waals surface area contributed by atoms with Crippen LogP contribution in [-0.4, -0.2) is 90.1 Å². The van der Waals surface area contributed by atoms with Gasteiger partial charge in [-0.15, -0.1) is 0 Å². The van der Waals surface area contributed by atoms with Crippen LogP contribution in [-0.2, 0) is 35.1 Å². The minimum atomic E-state index is -2.61. The van der Waals surface area contributed by atoms with Gasteiger partial charge in [0.1, 0.15) is 23.9 Å². The summed E-state index contributed by atoms with van der Waals surface area (Å²) < 4.78 is 23.8. The number of ether oxygens (including phenoxy) is 4. The number of carbonyl (C=O) groups excluding carboxylic acids is 2. The third-order valence-electron chi connectivity index (χ3n) is 12.2. The van der Waals surface area contributed by atoms with Gasteiger partial charge in [0.2, 0.25) is 0 Å². The Balaban J connectivity index is 1.94. The van der Waals surface area contributed by atoms with Crippen LogP contribution >= 0.6 is 11.6 Å². The number of aliphatic hydroxyl groups is 2. The lowest BCUT2D eigenvalue weighted by molar-refractivity contribution is -0.156. The number of nitrogens with one attached hydrogen (secondary N) is 1. The maximum atomic E-state index is 13.7. The summed E-state index contributed by atoms with van der Waals surface area (Å²) >= 11 is 6.13. The van der Waals surface area contributed by atoms with E-state index in [1.807, 2.05) is 77.2 Å². The van der Waals surface area contributed by atoms with Gasteiger partial charge in [0, 0.05) is 43.9 Å². The quantitative estimate of drug-likeness (QED) is 0.0428. The molecule has 3 unspecified atom stereocenters. The van der Waals surface area contributed by atoms with Gasteiger partial charge >= 0.3 is 11.9 Å². The molecule has 2 aliphatic heterocycles. The SMILES string of the molecule is CC[C@H](OC)[C@@H](C)[C@H]1O[C@@H]1C(NCc1ccc(Cl)cc1)C(C)(O)/C=C/C=C(\C)C1OC(=O)C[C@H](CC(C)(C)[Si](C)(C)O)CC[C@@](C)(O)[C@@H](OC(C)=O)/C=C/[C@@H]1C. The second-order valence-electron chi connectivity index (χ2n) is 17.9. The number of rotatable bonds is 16. The number of esters is 2. The Morgan fingerprint density at radius 1 is 1.16 bits per heavy atom. The Hall–Kier alpha value is -2.35.